The zero-order valence-electron chi connectivity index (χ0n) is 12.8. The van der Waals surface area contributed by atoms with Crippen LogP contribution in [0.4, 0.5) is 0 Å². The highest BCUT2D eigenvalue weighted by molar-refractivity contribution is 8.00. The van der Waals surface area contributed by atoms with Crippen LogP contribution in [0.25, 0.3) is 21.2 Å². The molecule has 0 spiro atoms. The number of hydrogen-bond donors (Lipinski definition) is 0. The van der Waals surface area contributed by atoms with E-state index in [2.05, 4.69) is 11.1 Å². The molecule has 2 heterocycles. The fraction of sp³-hybridized carbons (Fsp3) is 0.111. The van der Waals surface area contributed by atoms with E-state index in [1.54, 1.807) is 48.4 Å². The SMILES string of the molecule is COc1ccc2oc(=O)cc(CSc3nc4ccccc4s3)c2c1. The maximum absolute atomic E-state index is 11.8. The Kier molecular flexibility index (Phi) is 4.00. The summed E-state index contributed by atoms with van der Waals surface area (Å²) in [7, 11) is 1.62. The van der Waals surface area contributed by atoms with Gasteiger partial charge in [0.2, 0.25) is 0 Å². The first-order valence-electron chi connectivity index (χ1n) is 7.32. The summed E-state index contributed by atoms with van der Waals surface area (Å²) in [5, 5.41) is 0.891. The molecule has 0 radical (unpaired) electrons. The molecule has 0 N–H and O–H groups in total. The number of nitrogens with zero attached hydrogens (tertiary/aromatic N) is 1. The Morgan fingerprint density at radius 2 is 2.08 bits per heavy atom. The predicted molar refractivity (Wildman–Crippen MR) is 98.2 cm³/mol. The van der Waals surface area contributed by atoms with Crippen LogP contribution in [0.15, 0.2) is 62.1 Å². The number of aromatic nitrogens is 1. The van der Waals surface area contributed by atoms with Crippen molar-refractivity contribution < 1.29 is 9.15 Å². The summed E-state index contributed by atoms with van der Waals surface area (Å²) in [5.41, 5.74) is 2.16. The molecule has 0 saturated heterocycles. The van der Waals surface area contributed by atoms with E-state index in [0.29, 0.717) is 11.3 Å². The lowest BCUT2D eigenvalue weighted by molar-refractivity contribution is 0.415. The standard InChI is InChI=1S/C18H13NO3S2/c1-21-12-6-7-15-13(9-12)11(8-17(20)22-15)10-23-18-19-14-4-2-3-5-16(14)24-18/h2-9H,10H2,1H3. The van der Waals surface area contributed by atoms with Crippen LogP contribution in [0.3, 0.4) is 0 Å². The van der Waals surface area contributed by atoms with Crippen LogP contribution in [0.5, 0.6) is 5.75 Å². The van der Waals surface area contributed by atoms with Gasteiger partial charge in [-0.3, -0.25) is 0 Å². The highest BCUT2D eigenvalue weighted by atomic mass is 32.2. The fourth-order valence-corrected chi connectivity index (χ4v) is 4.57. The highest BCUT2D eigenvalue weighted by Gasteiger charge is 2.10. The molecule has 0 aliphatic rings. The smallest absolute Gasteiger partial charge is 0.336 e. The molecule has 0 bridgehead atoms. The van der Waals surface area contributed by atoms with Crippen molar-refractivity contribution in [3.63, 3.8) is 0 Å². The fourth-order valence-electron chi connectivity index (χ4n) is 2.51. The number of hydrogen-bond acceptors (Lipinski definition) is 6. The number of rotatable bonds is 4. The quantitative estimate of drug-likeness (QED) is 0.392. The Morgan fingerprint density at radius 1 is 1.21 bits per heavy atom. The van der Waals surface area contributed by atoms with Crippen molar-refractivity contribution in [3.8, 4) is 5.75 Å². The van der Waals surface area contributed by atoms with Crippen LogP contribution in [0.1, 0.15) is 5.56 Å². The zero-order valence-corrected chi connectivity index (χ0v) is 14.4. The van der Waals surface area contributed by atoms with Gasteiger partial charge in [0.15, 0.2) is 4.34 Å². The van der Waals surface area contributed by atoms with Crippen molar-refractivity contribution >= 4 is 44.3 Å². The van der Waals surface area contributed by atoms with Gasteiger partial charge in [0.25, 0.3) is 0 Å². The summed E-state index contributed by atoms with van der Waals surface area (Å²) in [6.45, 7) is 0. The van der Waals surface area contributed by atoms with E-state index in [-0.39, 0.29) is 5.63 Å². The first-order valence-corrected chi connectivity index (χ1v) is 9.12. The minimum atomic E-state index is -0.340. The second-order valence-electron chi connectivity index (χ2n) is 5.19. The maximum Gasteiger partial charge on any atom is 0.336 e. The van der Waals surface area contributed by atoms with Gasteiger partial charge in [-0.15, -0.1) is 11.3 Å². The molecule has 0 fully saturated rings. The van der Waals surface area contributed by atoms with Crippen molar-refractivity contribution in [2.45, 2.75) is 10.1 Å². The molecule has 4 nitrogen and oxygen atoms in total. The minimum Gasteiger partial charge on any atom is -0.497 e. The van der Waals surface area contributed by atoms with Gasteiger partial charge in [0.05, 0.1) is 17.3 Å². The van der Waals surface area contributed by atoms with Gasteiger partial charge in [0.1, 0.15) is 11.3 Å². The monoisotopic (exact) mass is 355 g/mol. The van der Waals surface area contributed by atoms with Crippen LogP contribution in [-0.2, 0) is 5.75 Å². The topological polar surface area (TPSA) is 52.3 Å². The third-order valence-corrected chi connectivity index (χ3v) is 5.89. The third kappa shape index (κ3) is 2.90. The molecule has 4 rings (SSSR count). The van der Waals surface area contributed by atoms with Crippen LogP contribution in [0.2, 0.25) is 0 Å². The maximum atomic E-state index is 11.8. The van der Waals surface area contributed by atoms with Gasteiger partial charge in [-0.25, -0.2) is 9.78 Å². The largest absolute Gasteiger partial charge is 0.497 e. The molecule has 0 unspecified atom stereocenters. The van der Waals surface area contributed by atoms with Crippen LogP contribution in [0, 0.1) is 0 Å². The second kappa shape index (κ2) is 6.30. The first kappa shape index (κ1) is 15.2. The molecule has 2 aromatic carbocycles. The van der Waals surface area contributed by atoms with Crippen molar-refractivity contribution in [2.75, 3.05) is 7.11 Å². The van der Waals surface area contributed by atoms with Gasteiger partial charge in [-0.1, -0.05) is 23.9 Å². The zero-order chi connectivity index (χ0) is 16.5. The van der Waals surface area contributed by atoms with E-state index in [0.717, 1.165) is 26.6 Å². The molecule has 4 aromatic rings. The lowest BCUT2D eigenvalue weighted by Crippen LogP contribution is -2.00. The van der Waals surface area contributed by atoms with Crippen molar-refractivity contribution in [1.29, 1.82) is 0 Å². The number of thiazole rings is 1. The summed E-state index contributed by atoms with van der Waals surface area (Å²) in [5.74, 6) is 1.39. The molecule has 0 aliphatic carbocycles. The molecule has 24 heavy (non-hydrogen) atoms. The number of thioether (sulfide) groups is 1. The molecule has 120 valence electrons. The lowest BCUT2D eigenvalue weighted by Gasteiger charge is -2.06. The number of benzene rings is 2. The number of fused-ring (bicyclic) bond motifs is 2. The molecule has 0 saturated carbocycles. The summed E-state index contributed by atoms with van der Waals surface area (Å²) in [4.78, 5) is 16.4. The van der Waals surface area contributed by atoms with Gasteiger partial charge in [0, 0.05) is 17.2 Å². The van der Waals surface area contributed by atoms with Crippen LogP contribution < -0.4 is 10.4 Å². The van der Waals surface area contributed by atoms with Crippen molar-refractivity contribution in [1.82, 2.24) is 4.98 Å². The van der Waals surface area contributed by atoms with Gasteiger partial charge < -0.3 is 9.15 Å². The average Bonchev–Trinajstić information content (AvgIpc) is 3.02. The Bertz CT molecular complexity index is 1050. The van der Waals surface area contributed by atoms with Gasteiger partial charge in [-0.05, 0) is 35.9 Å². The average molecular weight is 355 g/mol. The molecule has 0 amide bonds. The van der Waals surface area contributed by atoms with Crippen molar-refractivity contribution in [3.05, 3.63) is 64.5 Å². The summed E-state index contributed by atoms with van der Waals surface area (Å²) in [6.07, 6.45) is 0. The molecular formula is C18H13NO3S2. The first-order chi connectivity index (χ1) is 11.7. The number of ether oxygens (including phenoxy) is 1. The summed E-state index contributed by atoms with van der Waals surface area (Å²) in [6, 6.07) is 15.1. The Hall–Kier alpha value is -2.31. The Balaban J connectivity index is 1.69. The predicted octanol–water partition coefficient (Wildman–Crippen LogP) is 4.70. The van der Waals surface area contributed by atoms with Gasteiger partial charge in [-0.2, -0.15) is 0 Å². The summed E-state index contributed by atoms with van der Waals surface area (Å²) < 4.78 is 12.7. The third-order valence-electron chi connectivity index (χ3n) is 3.66. The molecular weight excluding hydrogens is 342 g/mol. The number of para-hydroxylation sites is 1. The van der Waals surface area contributed by atoms with E-state index in [4.69, 9.17) is 9.15 Å². The molecule has 0 aliphatic heterocycles. The van der Waals surface area contributed by atoms with Crippen LogP contribution >= 0.6 is 23.1 Å². The normalized spacial score (nSPS) is 11.2. The molecule has 6 heteroatoms. The van der Waals surface area contributed by atoms with E-state index < -0.39 is 0 Å². The van der Waals surface area contributed by atoms with E-state index in [1.165, 1.54) is 4.70 Å². The molecule has 2 aromatic heterocycles. The number of methoxy groups -OCH3 is 1. The minimum absolute atomic E-state index is 0.340. The highest BCUT2D eigenvalue weighted by Crippen LogP contribution is 2.33. The second-order valence-corrected chi connectivity index (χ2v) is 7.44. The van der Waals surface area contributed by atoms with E-state index >= 15 is 0 Å². The summed E-state index contributed by atoms with van der Waals surface area (Å²) >= 11 is 3.28. The van der Waals surface area contributed by atoms with Crippen molar-refractivity contribution in [2.24, 2.45) is 0 Å². The van der Waals surface area contributed by atoms with Crippen LogP contribution in [-0.4, -0.2) is 12.1 Å². The van der Waals surface area contributed by atoms with E-state index in [9.17, 15) is 4.79 Å². The van der Waals surface area contributed by atoms with Gasteiger partial charge >= 0.3 is 5.63 Å². The Labute approximate surface area is 146 Å². The lowest BCUT2D eigenvalue weighted by atomic mass is 10.1. The molecule has 0 atom stereocenters. The Morgan fingerprint density at radius 3 is 2.92 bits per heavy atom. The van der Waals surface area contributed by atoms with E-state index in [1.807, 2.05) is 24.3 Å².